The van der Waals surface area contributed by atoms with Gasteiger partial charge in [0, 0.05) is 104 Å². The number of para-hydroxylation sites is 6. The summed E-state index contributed by atoms with van der Waals surface area (Å²) in [5, 5.41) is 12.8. The van der Waals surface area contributed by atoms with Crippen molar-refractivity contribution in [1.82, 2.24) is 39.0 Å². The van der Waals surface area contributed by atoms with Gasteiger partial charge in [-0.1, -0.05) is 206 Å². The van der Waals surface area contributed by atoms with E-state index < -0.39 is 0 Å². The number of furan rings is 4. The van der Waals surface area contributed by atoms with Gasteiger partial charge in [0.1, 0.15) is 44.7 Å². The number of nitrogens with zero attached hydrogens (tertiary/aromatic N) is 8. The van der Waals surface area contributed by atoms with E-state index in [-0.39, 0.29) is 0 Å². The van der Waals surface area contributed by atoms with E-state index in [1.54, 1.807) is 0 Å². The second-order valence-electron chi connectivity index (χ2n) is 29.2. The molecule has 0 atom stereocenters. The molecule has 24 rings (SSSR count). The monoisotopic (exact) mass is 1460 g/mol. The minimum absolute atomic E-state index is 0.483. The van der Waals surface area contributed by atoms with Crippen molar-refractivity contribution in [3.8, 4) is 113 Å². The molecule has 0 N–H and O–H groups in total. The molecule has 8 aromatic heterocycles. The Morgan fingerprint density at radius 2 is 0.482 bits per heavy atom. The molecule has 0 radical (unpaired) electrons. The lowest BCUT2D eigenvalue weighted by molar-refractivity contribution is 0.668. The third-order valence-corrected chi connectivity index (χ3v) is 22.7. The topological polar surface area (TPSA) is 140 Å². The van der Waals surface area contributed by atoms with Crippen LogP contribution in [0.3, 0.4) is 0 Å². The third-order valence-electron chi connectivity index (χ3n) is 22.7. The summed E-state index contributed by atoms with van der Waals surface area (Å²) in [7, 11) is 0. The zero-order valence-corrected chi connectivity index (χ0v) is 60.7. The number of hydrogen-bond acceptors (Lipinski definition) is 10. The van der Waals surface area contributed by atoms with Gasteiger partial charge < -0.3 is 26.8 Å². The molecule has 0 aliphatic carbocycles. The number of hydrogen-bond donors (Lipinski definition) is 0. The van der Waals surface area contributed by atoms with Crippen LogP contribution in [0.5, 0.6) is 0 Å². The van der Waals surface area contributed by atoms with E-state index in [4.69, 9.17) is 47.6 Å². The zero-order chi connectivity index (χ0) is 74.6. The van der Waals surface area contributed by atoms with Gasteiger partial charge in [-0.25, -0.2) is 29.9 Å². The molecule has 530 valence electrons. The number of fused-ring (bicyclic) bond motifs is 18. The summed E-state index contributed by atoms with van der Waals surface area (Å²) < 4.78 is 31.6. The second-order valence-corrected chi connectivity index (χ2v) is 29.2. The predicted molar refractivity (Wildman–Crippen MR) is 460 cm³/mol. The molecule has 12 nitrogen and oxygen atoms in total. The molecule has 114 heavy (non-hydrogen) atoms. The smallest absolute Gasteiger partial charge is 0.167 e. The Morgan fingerprint density at radius 1 is 0.167 bits per heavy atom. The van der Waals surface area contributed by atoms with Gasteiger partial charge in [-0.15, -0.1) is 0 Å². The summed E-state index contributed by atoms with van der Waals surface area (Å²) in [5.41, 5.74) is 24.1. The van der Waals surface area contributed by atoms with Gasteiger partial charge in [-0.3, -0.25) is 0 Å². The Kier molecular flexibility index (Phi) is 13.8. The summed E-state index contributed by atoms with van der Waals surface area (Å²) in [4.78, 5) is 31.3. The van der Waals surface area contributed by atoms with Crippen molar-refractivity contribution in [2.24, 2.45) is 0 Å². The minimum atomic E-state index is 0.483. The van der Waals surface area contributed by atoms with Crippen LogP contribution >= 0.6 is 0 Å². The molecule has 16 aromatic carbocycles. The second kappa shape index (κ2) is 24.9. The molecule has 0 fully saturated rings. The molecule has 0 bridgehead atoms. The molecule has 12 heteroatoms. The first-order valence-corrected chi connectivity index (χ1v) is 38.1. The highest BCUT2D eigenvalue weighted by Crippen LogP contribution is 2.44. The van der Waals surface area contributed by atoms with Crippen LogP contribution < -0.4 is 0 Å². The van der Waals surface area contributed by atoms with Crippen molar-refractivity contribution in [3.63, 3.8) is 0 Å². The molecule has 0 amide bonds. The molecule has 0 aliphatic rings. The van der Waals surface area contributed by atoms with Crippen LogP contribution in [0.15, 0.2) is 370 Å². The Bertz CT molecular complexity index is 8110. The van der Waals surface area contributed by atoms with E-state index in [9.17, 15) is 0 Å². The predicted octanol–water partition coefficient (Wildman–Crippen LogP) is 26.9. The van der Waals surface area contributed by atoms with Crippen LogP contribution in [-0.2, 0) is 0 Å². The van der Waals surface area contributed by atoms with E-state index in [1.807, 2.05) is 84.9 Å². The molecule has 0 aliphatic heterocycles. The molecular weight excluding hydrogens is 1400 g/mol. The molecule has 8 heterocycles. The van der Waals surface area contributed by atoms with Crippen LogP contribution in [0.25, 0.3) is 244 Å². The van der Waals surface area contributed by atoms with Crippen LogP contribution in [-0.4, -0.2) is 39.0 Å². The summed E-state index contributed by atoms with van der Waals surface area (Å²) in [6.07, 6.45) is 0. The highest BCUT2D eigenvalue weighted by Gasteiger charge is 2.24. The first kappa shape index (κ1) is 63.3. The number of rotatable bonds is 11. The highest BCUT2D eigenvalue weighted by molar-refractivity contribution is 6.15. The molecule has 24 aromatic rings. The summed E-state index contributed by atoms with van der Waals surface area (Å²) in [5.74, 6) is 3.06. The molecule has 0 saturated heterocycles. The van der Waals surface area contributed by atoms with Crippen molar-refractivity contribution in [2.75, 3.05) is 0 Å². The average Bonchev–Trinajstić information content (AvgIpc) is 1.59. The quantitative estimate of drug-likeness (QED) is 0.123. The van der Waals surface area contributed by atoms with E-state index in [0.717, 1.165) is 171 Å². The van der Waals surface area contributed by atoms with Gasteiger partial charge >= 0.3 is 0 Å². The van der Waals surface area contributed by atoms with Crippen molar-refractivity contribution in [1.29, 1.82) is 0 Å². The van der Waals surface area contributed by atoms with Crippen molar-refractivity contribution >= 4 is 131 Å². The van der Waals surface area contributed by atoms with Crippen LogP contribution in [0.1, 0.15) is 0 Å². The van der Waals surface area contributed by atoms with Gasteiger partial charge in [0.15, 0.2) is 34.9 Å². The summed E-state index contributed by atoms with van der Waals surface area (Å²) in [6, 6.07) is 122. The molecular formula is C102H58N8O4. The maximum absolute atomic E-state index is 6.87. The minimum Gasteiger partial charge on any atom is -0.456 e. The first-order valence-electron chi connectivity index (χ1n) is 38.1. The number of aromatic nitrogens is 8. The van der Waals surface area contributed by atoms with Gasteiger partial charge in [-0.05, 0) is 179 Å². The van der Waals surface area contributed by atoms with E-state index in [1.165, 1.54) is 32.6 Å². The fourth-order valence-corrected chi connectivity index (χ4v) is 17.1. The van der Waals surface area contributed by atoms with Crippen molar-refractivity contribution in [2.45, 2.75) is 0 Å². The molecule has 0 saturated carbocycles. The lowest BCUT2D eigenvalue weighted by Gasteiger charge is -2.09. The average molecular weight is 1460 g/mol. The summed E-state index contributed by atoms with van der Waals surface area (Å²) >= 11 is 0. The lowest BCUT2D eigenvalue weighted by Crippen LogP contribution is -2.00. The Hall–Kier alpha value is -15.7. The Balaban J connectivity index is 0.556. The normalized spacial score (nSPS) is 12.0. The van der Waals surface area contributed by atoms with Gasteiger partial charge in [0.2, 0.25) is 0 Å². The van der Waals surface area contributed by atoms with Crippen molar-refractivity contribution < 1.29 is 17.7 Å². The lowest BCUT2D eigenvalue weighted by atomic mass is 10.0. The van der Waals surface area contributed by atoms with Crippen molar-refractivity contribution in [3.05, 3.63) is 352 Å². The Morgan fingerprint density at radius 3 is 0.991 bits per heavy atom. The molecule has 0 spiro atoms. The standard InChI is InChI=1S/C102H58N8O4/c1-4-17-60(18-5-1)97-103-101(69-39-47-79-77-44-36-66(55-92(77)113-95(79)58-69)64-41-49-88-83(52-64)73-24-11-14-29-86(73)110(88)71-21-8-3-9-22-71)108-102(107-97)81-27-16-26-80-84-53-62(42-50-90(84)114-96(80)81)59-31-33-61(34-32-59)98-104-99(67-37-45-75-74-25-12-15-30-89(74)111-93(75)56-67)106-100(105-98)68-38-46-78-76-43-35-65(54-91(76)112-94(78)57-68)63-40-48-87-82(51-63)72-23-10-13-28-85(72)109(87)70-19-6-2-7-20-70/h1-58H. The van der Waals surface area contributed by atoms with Crippen LogP contribution in [0, 0.1) is 0 Å². The maximum Gasteiger partial charge on any atom is 0.167 e. The van der Waals surface area contributed by atoms with Gasteiger partial charge in [0.25, 0.3) is 0 Å². The third kappa shape index (κ3) is 10.2. The maximum atomic E-state index is 6.87. The number of benzene rings is 16. The molecule has 0 unspecified atom stereocenters. The van der Waals surface area contributed by atoms with E-state index in [2.05, 4.69) is 276 Å². The Labute approximate surface area is 649 Å². The van der Waals surface area contributed by atoms with Gasteiger partial charge in [-0.2, -0.15) is 0 Å². The highest BCUT2D eigenvalue weighted by atomic mass is 16.3. The van der Waals surface area contributed by atoms with Crippen LogP contribution in [0.2, 0.25) is 0 Å². The van der Waals surface area contributed by atoms with Crippen LogP contribution in [0.4, 0.5) is 0 Å². The first-order chi connectivity index (χ1) is 56.4. The fourth-order valence-electron chi connectivity index (χ4n) is 17.1. The fraction of sp³-hybridized carbons (Fsp3) is 0. The van der Waals surface area contributed by atoms with E-state index in [0.29, 0.717) is 40.5 Å². The SMILES string of the molecule is c1ccc(-c2nc(-c3ccc4c(c3)oc3cc(-c5ccc6c(c5)c5ccccc5n6-c5ccccc5)ccc34)nc(-c3cccc4c3oc3ccc(-c5ccc(-c6nc(-c7ccc8c(c7)oc7ccccc78)nc(-c7ccc8c(c7)oc7cc(-c9ccc%10c(c9)c9ccccc9n%10-c9ccccc9)ccc78)n6)cc5)cc34)n2)cc1. The van der Waals surface area contributed by atoms with E-state index >= 15 is 0 Å². The summed E-state index contributed by atoms with van der Waals surface area (Å²) in [6.45, 7) is 0. The zero-order valence-electron chi connectivity index (χ0n) is 60.7. The van der Waals surface area contributed by atoms with Gasteiger partial charge in [0.05, 0.1) is 27.6 Å². The largest absolute Gasteiger partial charge is 0.456 e.